The molecular weight excluding hydrogens is 184 g/mol. The minimum Gasteiger partial charge on any atom is -0.391 e. The lowest BCUT2D eigenvalue weighted by molar-refractivity contribution is 0.136. The molecule has 1 heteroatoms. The molecule has 78 valence electrons. The molecule has 0 aromatic heterocycles. The van der Waals surface area contributed by atoms with Crippen molar-refractivity contribution in [2.75, 3.05) is 0 Å². The quantitative estimate of drug-likeness (QED) is 0.743. The maximum absolute atomic E-state index is 10.1. The van der Waals surface area contributed by atoms with Crippen molar-refractivity contribution in [1.82, 2.24) is 0 Å². The number of aliphatic hydroxyl groups excluding tert-OH is 1. The summed E-state index contributed by atoms with van der Waals surface area (Å²) in [5.74, 6) is 5.80. The minimum absolute atomic E-state index is 0.00507. The Morgan fingerprint density at radius 3 is 2.53 bits per heavy atom. The van der Waals surface area contributed by atoms with Gasteiger partial charge in [-0.2, -0.15) is 0 Å². The Labute approximate surface area is 91.1 Å². The normalized spacial score (nSPS) is 18.8. The van der Waals surface area contributed by atoms with E-state index in [9.17, 15) is 5.11 Å². The van der Waals surface area contributed by atoms with E-state index in [1.54, 1.807) is 0 Å². The molecule has 1 aromatic carbocycles. The van der Waals surface area contributed by atoms with Gasteiger partial charge in [0.1, 0.15) is 0 Å². The number of aliphatic hydroxyl groups is 1. The van der Waals surface area contributed by atoms with Gasteiger partial charge in [-0.15, -0.1) is 11.8 Å². The Morgan fingerprint density at radius 1 is 1.33 bits per heavy atom. The summed E-state index contributed by atoms with van der Waals surface area (Å²) in [6, 6.07) is 10.3. The third-order valence-corrected chi connectivity index (χ3v) is 3.25. The van der Waals surface area contributed by atoms with Gasteiger partial charge in [0.2, 0.25) is 0 Å². The van der Waals surface area contributed by atoms with Crippen molar-refractivity contribution in [1.29, 1.82) is 0 Å². The predicted octanol–water partition coefficient (Wildman–Crippen LogP) is 2.49. The molecule has 1 nitrogen and oxygen atoms in total. The Bertz CT molecular complexity index is 379. The van der Waals surface area contributed by atoms with Crippen LogP contribution < -0.4 is 0 Å². The van der Waals surface area contributed by atoms with Crippen LogP contribution in [0.3, 0.4) is 0 Å². The molecule has 0 amide bonds. The van der Waals surface area contributed by atoms with Crippen molar-refractivity contribution >= 4 is 0 Å². The first-order valence-electron chi connectivity index (χ1n) is 5.43. The second kappa shape index (κ2) is 4.08. The largest absolute Gasteiger partial charge is 0.391 e. The fraction of sp³-hybridized carbons (Fsp3) is 0.429. The highest BCUT2D eigenvalue weighted by atomic mass is 16.3. The lowest BCUT2D eigenvalue weighted by Gasteiger charge is -2.20. The first kappa shape index (κ1) is 10.3. The van der Waals surface area contributed by atoms with Gasteiger partial charge in [-0.1, -0.05) is 30.3 Å². The summed E-state index contributed by atoms with van der Waals surface area (Å²) in [5, 5.41) is 10.1. The van der Waals surface area contributed by atoms with Crippen LogP contribution in [0.1, 0.15) is 31.7 Å². The smallest absolute Gasteiger partial charge is 0.0745 e. The van der Waals surface area contributed by atoms with Crippen LogP contribution in [0, 0.1) is 11.8 Å². The highest BCUT2D eigenvalue weighted by molar-refractivity contribution is 5.33. The number of hydrogen-bond acceptors (Lipinski definition) is 1. The maximum atomic E-state index is 10.1. The van der Waals surface area contributed by atoms with Crippen LogP contribution in [0.25, 0.3) is 0 Å². The number of hydrogen-bond donors (Lipinski definition) is 1. The molecule has 0 spiro atoms. The zero-order valence-corrected chi connectivity index (χ0v) is 9.03. The van der Waals surface area contributed by atoms with E-state index >= 15 is 0 Å². The molecule has 0 heterocycles. The number of rotatable bonds is 3. The Hall–Kier alpha value is -1.26. The van der Waals surface area contributed by atoms with E-state index in [0.29, 0.717) is 6.42 Å². The van der Waals surface area contributed by atoms with Crippen LogP contribution in [0.4, 0.5) is 0 Å². The molecule has 0 radical (unpaired) electrons. The van der Waals surface area contributed by atoms with Crippen molar-refractivity contribution in [2.45, 2.75) is 37.7 Å². The van der Waals surface area contributed by atoms with E-state index in [-0.39, 0.29) is 11.5 Å². The van der Waals surface area contributed by atoms with Gasteiger partial charge in [0, 0.05) is 11.8 Å². The van der Waals surface area contributed by atoms with Crippen molar-refractivity contribution in [3.8, 4) is 11.8 Å². The maximum Gasteiger partial charge on any atom is 0.0745 e. The van der Waals surface area contributed by atoms with E-state index in [1.807, 2.05) is 25.1 Å². The van der Waals surface area contributed by atoms with E-state index in [2.05, 4.69) is 24.0 Å². The summed E-state index contributed by atoms with van der Waals surface area (Å²) in [4.78, 5) is 0. The van der Waals surface area contributed by atoms with Crippen LogP contribution in [0.2, 0.25) is 0 Å². The molecule has 1 saturated carbocycles. The zero-order valence-electron chi connectivity index (χ0n) is 9.03. The van der Waals surface area contributed by atoms with Crippen molar-refractivity contribution in [2.24, 2.45) is 0 Å². The van der Waals surface area contributed by atoms with E-state index in [0.717, 1.165) is 12.8 Å². The summed E-state index contributed by atoms with van der Waals surface area (Å²) < 4.78 is 0. The second-order valence-corrected chi connectivity index (χ2v) is 4.17. The van der Waals surface area contributed by atoms with Crippen LogP contribution in [-0.4, -0.2) is 11.2 Å². The topological polar surface area (TPSA) is 20.2 Å². The lowest BCUT2D eigenvalue weighted by Crippen LogP contribution is -2.25. The summed E-state index contributed by atoms with van der Waals surface area (Å²) in [6.07, 6.45) is 2.45. The monoisotopic (exact) mass is 200 g/mol. The SMILES string of the molecule is CC#CCC(O)C1(c2ccccc2)CC1. The summed E-state index contributed by atoms with van der Waals surface area (Å²) in [5.41, 5.74) is 1.26. The van der Waals surface area contributed by atoms with Crippen molar-refractivity contribution < 1.29 is 5.11 Å². The zero-order chi connectivity index (χ0) is 10.7. The fourth-order valence-electron chi connectivity index (χ4n) is 2.11. The van der Waals surface area contributed by atoms with Gasteiger partial charge in [0.25, 0.3) is 0 Å². The molecule has 0 bridgehead atoms. The first-order chi connectivity index (χ1) is 7.29. The van der Waals surface area contributed by atoms with Gasteiger partial charge >= 0.3 is 0 Å². The standard InChI is InChI=1S/C14H16O/c1-2-3-9-13(15)14(10-11-14)12-7-5-4-6-8-12/h4-8,13,15H,9-11H2,1H3. The molecule has 0 saturated heterocycles. The Balaban J connectivity index is 2.16. The van der Waals surface area contributed by atoms with Gasteiger partial charge in [0.15, 0.2) is 0 Å². The minimum atomic E-state index is -0.313. The predicted molar refractivity (Wildman–Crippen MR) is 61.4 cm³/mol. The fourth-order valence-corrected chi connectivity index (χ4v) is 2.11. The van der Waals surface area contributed by atoms with Gasteiger partial charge < -0.3 is 5.11 Å². The molecule has 15 heavy (non-hydrogen) atoms. The van der Waals surface area contributed by atoms with Gasteiger partial charge in [-0.25, -0.2) is 0 Å². The molecule has 1 unspecified atom stereocenters. The molecule has 1 atom stereocenters. The Kier molecular flexibility index (Phi) is 2.79. The molecule has 1 aliphatic carbocycles. The molecule has 1 fully saturated rings. The third-order valence-electron chi connectivity index (χ3n) is 3.25. The van der Waals surface area contributed by atoms with E-state index in [4.69, 9.17) is 0 Å². The molecular formula is C14H16O. The molecule has 1 N–H and O–H groups in total. The second-order valence-electron chi connectivity index (χ2n) is 4.17. The van der Waals surface area contributed by atoms with Crippen LogP contribution in [-0.2, 0) is 5.41 Å². The molecule has 2 rings (SSSR count). The van der Waals surface area contributed by atoms with Crippen LogP contribution in [0.15, 0.2) is 30.3 Å². The van der Waals surface area contributed by atoms with Gasteiger partial charge in [-0.05, 0) is 25.3 Å². The van der Waals surface area contributed by atoms with E-state index in [1.165, 1.54) is 5.56 Å². The van der Waals surface area contributed by atoms with Crippen LogP contribution in [0.5, 0.6) is 0 Å². The summed E-state index contributed by atoms with van der Waals surface area (Å²) in [7, 11) is 0. The molecule has 1 aliphatic rings. The lowest BCUT2D eigenvalue weighted by atomic mass is 9.88. The highest BCUT2D eigenvalue weighted by Gasteiger charge is 2.49. The highest BCUT2D eigenvalue weighted by Crippen LogP contribution is 2.51. The third kappa shape index (κ3) is 1.91. The van der Waals surface area contributed by atoms with Crippen molar-refractivity contribution in [3.63, 3.8) is 0 Å². The van der Waals surface area contributed by atoms with Gasteiger partial charge in [0.05, 0.1) is 6.10 Å². The molecule has 1 aromatic rings. The van der Waals surface area contributed by atoms with Gasteiger partial charge in [-0.3, -0.25) is 0 Å². The first-order valence-corrected chi connectivity index (χ1v) is 5.43. The van der Waals surface area contributed by atoms with Crippen LogP contribution >= 0.6 is 0 Å². The summed E-state index contributed by atoms with van der Waals surface area (Å²) in [6.45, 7) is 1.81. The average Bonchev–Trinajstić information content (AvgIpc) is 3.08. The number of benzene rings is 1. The van der Waals surface area contributed by atoms with E-state index < -0.39 is 0 Å². The van der Waals surface area contributed by atoms with Crippen molar-refractivity contribution in [3.05, 3.63) is 35.9 Å². The summed E-state index contributed by atoms with van der Waals surface area (Å²) >= 11 is 0. The Morgan fingerprint density at radius 2 is 2.00 bits per heavy atom. The average molecular weight is 200 g/mol. The molecule has 0 aliphatic heterocycles.